The molecule has 1 fully saturated rings. The number of rotatable bonds is 7. The summed E-state index contributed by atoms with van der Waals surface area (Å²) in [6.07, 6.45) is -7.30. The highest BCUT2D eigenvalue weighted by Gasteiger charge is 2.45. The van der Waals surface area contributed by atoms with E-state index in [0.717, 1.165) is 17.7 Å². The Labute approximate surface area is 172 Å². The smallest absolute Gasteiger partial charge is 0.229 e. The van der Waals surface area contributed by atoms with Crippen molar-refractivity contribution in [2.24, 2.45) is 0 Å². The van der Waals surface area contributed by atoms with Gasteiger partial charge >= 0.3 is 0 Å². The second-order valence-electron chi connectivity index (χ2n) is 7.06. The number of carbonyl (C=O) groups is 1. The SMILES string of the molecule is O=C(CCc1ccccc1)c1c(O)cc(O)cc1O[C@@H]1O[C@@H](CO)[C@@H](O)[C@@H](O)[C@H]1O. The Hall–Kier alpha value is -2.69. The third-order valence-electron chi connectivity index (χ3n) is 4.92. The predicted molar refractivity (Wildman–Crippen MR) is 103 cm³/mol. The zero-order chi connectivity index (χ0) is 21.8. The molecule has 5 atom stereocenters. The Morgan fingerprint density at radius 2 is 1.70 bits per heavy atom. The van der Waals surface area contributed by atoms with E-state index in [2.05, 4.69) is 0 Å². The van der Waals surface area contributed by atoms with Gasteiger partial charge in [0.2, 0.25) is 6.29 Å². The fourth-order valence-electron chi connectivity index (χ4n) is 3.28. The quantitative estimate of drug-likeness (QED) is 0.342. The maximum atomic E-state index is 12.8. The highest BCUT2D eigenvalue weighted by Crippen LogP contribution is 2.36. The molecule has 0 amide bonds. The second-order valence-corrected chi connectivity index (χ2v) is 7.06. The molecule has 9 heteroatoms. The zero-order valence-corrected chi connectivity index (χ0v) is 16.0. The number of hydrogen-bond donors (Lipinski definition) is 6. The van der Waals surface area contributed by atoms with Crippen molar-refractivity contribution in [1.29, 1.82) is 0 Å². The van der Waals surface area contributed by atoms with Crippen LogP contribution in [0.1, 0.15) is 22.3 Å². The van der Waals surface area contributed by atoms with Crippen molar-refractivity contribution in [1.82, 2.24) is 0 Å². The van der Waals surface area contributed by atoms with Gasteiger partial charge in [-0.25, -0.2) is 0 Å². The topological polar surface area (TPSA) is 157 Å². The maximum absolute atomic E-state index is 12.8. The molecule has 1 aliphatic rings. The Bertz CT molecular complexity index is 868. The number of ketones is 1. The van der Waals surface area contributed by atoms with E-state index in [1.807, 2.05) is 30.3 Å². The second kappa shape index (κ2) is 9.41. The molecule has 1 heterocycles. The Morgan fingerprint density at radius 1 is 1.00 bits per heavy atom. The van der Waals surface area contributed by atoms with E-state index in [-0.39, 0.29) is 17.7 Å². The number of phenols is 2. The van der Waals surface area contributed by atoms with Gasteiger partial charge in [0, 0.05) is 18.6 Å². The molecule has 3 rings (SSSR count). The first kappa shape index (κ1) is 22.0. The summed E-state index contributed by atoms with van der Waals surface area (Å²) in [6, 6.07) is 11.3. The molecule has 1 aliphatic heterocycles. The van der Waals surface area contributed by atoms with Gasteiger partial charge in [-0.15, -0.1) is 0 Å². The first-order chi connectivity index (χ1) is 14.3. The van der Waals surface area contributed by atoms with Crippen LogP contribution in [0.25, 0.3) is 0 Å². The number of ether oxygens (including phenoxy) is 2. The van der Waals surface area contributed by atoms with E-state index in [1.165, 1.54) is 0 Å². The minimum Gasteiger partial charge on any atom is -0.508 e. The molecule has 0 spiro atoms. The van der Waals surface area contributed by atoms with Gasteiger partial charge in [0.25, 0.3) is 0 Å². The van der Waals surface area contributed by atoms with Crippen molar-refractivity contribution in [3.63, 3.8) is 0 Å². The van der Waals surface area contributed by atoms with Crippen LogP contribution < -0.4 is 4.74 Å². The van der Waals surface area contributed by atoms with Gasteiger partial charge in [0.15, 0.2) is 5.78 Å². The fourth-order valence-corrected chi connectivity index (χ4v) is 3.28. The molecule has 0 saturated carbocycles. The molecule has 2 aromatic carbocycles. The lowest BCUT2D eigenvalue weighted by atomic mass is 9.99. The summed E-state index contributed by atoms with van der Waals surface area (Å²) in [5.74, 6) is -1.66. The molecule has 162 valence electrons. The van der Waals surface area contributed by atoms with E-state index in [9.17, 15) is 35.4 Å². The largest absolute Gasteiger partial charge is 0.508 e. The van der Waals surface area contributed by atoms with Crippen molar-refractivity contribution >= 4 is 5.78 Å². The van der Waals surface area contributed by atoms with Crippen molar-refractivity contribution in [2.45, 2.75) is 43.5 Å². The third-order valence-corrected chi connectivity index (χ3v) is 4.92. The lowest BCUT2D eigenvalue weighted by Gasteiger charge is -2.39. The average Bonchev–Trinajstić information content (AvgIpc) is 2.72. The highest BCUT2D eigenvalue weighted by atomic mass is 16.7. The summed E-state index contributed by atoms with van der Waals surface area (Å²) in [6.45, 7) is -0.654. The number of Topliss-reactive ketones (excluding diaryl/α,β-unsaturated/α-hetero) is 1. The van der Waals surface area contributed by atoms with Crippen LogP contribution in [0.5, 0.6) is 17.2 Å². The number of hydrogen-bond acceptors (Lipinski definition) is 9. The van der Waals surface area contributed by atoms with Crippen LogP contribution in [0.3, 0.4) is 0 Å². The molecule has 6 N–H and O–H groups in total. The van der Waals surface area contributed by atoms with Gasteiger partial charge in [0.05, 0.1) is 6.61 Å². The number of phenolic OH excluding ortho intramolecular Hbond substituents is 2. The van der Waals surface area contributed by atoms with Crippen LogP contribution in [0.2, 0.25) is 0 Å². The van der Waals surface area contributed by atoms with Gasteiger partial charge in [-0.05, 0) is 12.0 Å². The summed E-state index contributed by atoms with van der Waals surface area (Å²) in [7, 11) is 0. The standard InChI is InChI=1S/C21H24O9/c22-10-16-18(26)19(27)20(28)21(30-16)29-15-9-12(23)8-14(25)17(15)13(24)7-6-11-4-2-1-3-5-11/h1-5,8-9,16,18-23,25-28H,6-7,10H2/t16-,18+,19+,20+,21+/m0/s1. The number of benzene rings is 2. The summed E-state index contributed by atoms with van der Waals surface area (Å²) in [5.41, 5.74) is 0.696. The lowest BCUT2D eigenvalue weighted by Crippen LogP contribution is -2.60. The first-order valence-electron chi connectivity index (χ1n) is 9.42. The van der Waals surface area contributed by atoms with E-state index in [4.69, 9.17) is 9.47 Å². The van der Waals surface area contributed by atoms with Crippen LogP contribution in [0.15, 0.2) is 42.5 Å². The maximum Gasteiger partial charge on any atom is 0.229 e. The molecule has 2 aromatic rings. The normalized spacial score (nSPS) is 26.3. The molecule has 9 nitrogen and oxygen atoms in total. The molecular weight excluding hydrogens is 396 g/mol. The van der Waals surface area contributed by atoms with E-state index in [1.54, 1.807) is 0 Å². The number of aromatic hydroxyl groups is 2. The summed E-state index contributed by atoms with van der Waals surface area (Å²) in [4.78, 5) is 12.8. The van der Waals surface area contributed by atoms with Crippen LogP contribution in [-0.2, 0) is 11.2 Å². The van der Waals surface area contributed by atoms with Gasteiger partial charge in [0.1, 0.15) is 47.2 Å². The highest BCUT2D eigenvalue weighted by molar-refractivity contribution is 6.01. The van der Waals surface area contributed by atoms with Crippen molar-refractivity contribution in [2.75, 3.05) is 6.61 Å². The molecule has 0 aromatic heterocycles. The van der Waals surface area contributed by atoms with Gasteiger partial charge in [-0.2, -0.15) is 0 Å². The Morgan fingerprint density at radius 3 is 2.37 bits per heavy atom. The monoisotopic (exact) mass is 420 g/mol. The van der Waals surface area contributed by atoms with Crippen LogP contribution in [0.4, 0.5) is 0 Å². The minimum atomic E-state index is -1.71. The summed E-state index contributed by atoms with van der Waals surface area (Å²) >= 11 is 0. The number of aliphatic hydroxyl groups excluding tert-OH is 4. The van der Waals surface area contributed by atoms with Crippen LogP contribution >= 0.6 is 0 Å². The summed E-state index contributed by atoms with van der Waals surface area (Å²) in [5, 5.41) is 59.3. The number of carbonyl (C=O) groups excluding carboxylic acids is 1. The molecule has 0 radical (unpaired) electrons. The summed E-state index contributed by atoms with van der Waals surface area (Å²) < 4.78 is 10.8. The molecule has 0 aliphatic carbocycles. The minimum absolute atomic E-state index is 0.0351. The van der Waals surface area contributed by atoms with Gasteiger partial charge < -0.3 is 40.1 Å². The van der Waals surface area contributed by atoms with Crippen LogP contribution in [-0.4, -0.2) is 73.7 Å². The van der Waals surface area contributed by atoms with Crippen molar-refractivity contribution in [3.05, 3.63) is 53.6 Å². The predicted octanol–water partition coefficient (Wildman–Crippen LogP) is 0.0920. The van der Waals surface area contributed by atoms with Crippen LogP contribution in [0, 0.1) is 0 Å². The lowest BCUT2D eigenvalue weighted by molar-refractivity contribution is -0.277. The molecule has 30 heavy (non-hydrogen) atoms. The van der Waals surface area contributed by atoms with Crippen molar-refractivity contribution in [3.8, 4) is 17.2 Å². The average molecular weight is 420 g/mol. The Balaban J connectivity index is 1.83. The first-order valence-corrected chi connectivity index (χ1v) is 9.42. The molecule has 0 unspecified atom stereocenters. The third kappa shape index (κ3) is 4.72. The molecule has 0 bridgehead atoms. The molecular formula is C21H24O9. The van der Waals surface area contributed by atoms with Gasteiger partial charge in [-0.1, -0.05) is 30.3 Å². The molecule has 1 saturated heterocycles. The van der Waals surface area contributed by atoms with E-state index in [0.29, 0.717) is 6.42 Å². The zero-order valence-electron chi connectivity index (χ0n) is 16.0. The number of aliphatic hydroxyl groups is 4. The Kier molecular flexibility index (Phi) is 6.91. The van der Waals surface area contributed by atoms with E-state index < -0.39 is 54.6 Å². The fraction of sp³-hybridized carbons (Fsp3) is 0.381. The van der Waals surface area contributed by atoms with E-state index >= 15 is 0 Å². The van der Waals surface area contributed by atoms with Gasteiger partial charge in [-0.3, -0.25) is 4.79 Å². The van der Waals surface area contributed by atoms with Crippen molar-refractivity contribution < 1.29 is 44.9 Å². The number of aryl methyl sites for hydroxylation is 1.